The third-order valence-electron chi connectivity index (χ3n) is 6.29. The first-order valence-corrected chi connectivity index (χ1v) is 13.1. The highest BCUT2D eigenvalue weighted by atomic mass is 16.6. The molecule has 0 unspecified atom stereocenters. The number of nitrogens with zero attached hydrogens (tertiary/aromatic N) is 2. The fourth-order valence-corrected chi connectivity index (χ4v) is 4.45. The molecule has 2 aromatic heterocycles. The van der Waals surface area contributed by atoms with Gasteiger partial charge in [0, 0.05) is 12.3 Å². The van der Waals surface area contributed by atoms with Gasteiger partial charge in [0.25, 0.3) is 0 Å². The van der Waals surface area contributed by atoms with Crippen LogP contribution in [0, 0.1) is 0 Å². The quantitative estimate of drug-likeness (QED) is 0.430. The molecule has 3 heterocycles. The Labute approximate surface area is 228 Å². The smallest absolute Gasteiger partial charge is 0.407 e. The molecule has 4 rings (SSSR count). The highest BCUT2D eigenvalue weighted by Gasteiger charge is 2.32. The van der Waals surface area contributed by atoms with Crippen LogP contribution in [-0.2, 0) is 27.2 Å². The van der Waals surface area contributed by atoms with Crippen LogP contribution in [0.3, 0.4) is 0 Å². The summed E-state index contributed by atoms with van der Waals surface area (Å²) in [5, 5.41) is 5.88. The van der Waals surface area contributed by atoms with E-state index in [1.54, 1.807) is 19.4 Å². The molecule has 0 spiro atoms. The van der Waals surface area contributed by atoms with Crippen LogP contribution < -0.4 is 15.4 Å². The van der Waals surface area contributed by atoms with Gasteiger partial charge >= 0.3 is 12.2 Å². The maximum absolute atomic E-state index is 12.8. The minimum absolute atomic E-state index is 0.195. The van der Waals surface area contributed by atoms with E-state index in [1.807, 2.05) is 63.2 Å². The molecule has 2 amide bonds. The van der Waals surface area contributed by atoms with Crippen molar-refractivity contribution < 1.29 is 28.5 Å². The number of hydrogen-bond acceptors (Lipinski definition) is 8. The molecular formula is C29H36N4O6. The van der Waals surface area contributed by atoms with Crippen LogP contribution >= 0.6 is 0 Å². The summed E-state index contributed by atoms with van der Waals surface area (Å²) >= 11 is 0. The van der Waals surface area contributed by atoms with Gasteiger partial charge in [0.2, 0.25) is 5.88 Å². The predicted octanol–water partition coefficient (Wildman–Crippen LogP) is 4.55. The molecule has 10 nitrogen and oxygen atoms in total. The van der Waals surface area contributed by atoms with E-state index >= 15 is 0 Å². The number of fused-ring (bicyclic) bond motifs is 1. The van der Waals surface area contributed by atoms with Gasteiger partial charge in [-0.15, -0.1) is 0 Å². The predicted molar refractivity (Wildman–Crippen MR) is 145 cm³/mol. The lowest BCUT2D eigenvalue weighted by Gasteiger charge is -2.35. The summed E-state index contributed by atoms with van der Waals surface area (Å²) in [4.78, 5) is 34.1. The van der Waals surface area contributed by atoms with Crippen LogP contribution in [-0.4, -0.2) is 59.7 Å². The minimum Gasteiger partial charge on any atom is -0.481 e. The Hall–Kier alpha value is -3.92. The third kappa shape index (κ3) is 8.28. The Morgan fingerprint density at radius 1 is 1.08 bits per heavy atom. The second kappa shape index (κ2) is 12.8. The van der Waals surface area contributed by atoms with Crippen molar-refractivity contribution in [2.24, 2.45) is 0 Å². The number of carbonyl (C=O) groups is 2. The number of benzene rings is 1. The highest BCUT2D eigenvalue weighted by molar-refractivity contribution is 5.78. The minimum atomic E-state index is -0.643. The van der Waals surface area contributed by atoms with Gasteiger partial charge < -0.3 is 29.6 Å². The molecule has 3 atom stereocenters. The summed E-state index contributed by atoms with van der Waals surface area (Å²) in [6.45, 7) is 5.94. The van der Waals surface area contributed by atoms with Crippen LogP contribution in [0.4, 0.5) is 9.59 Å². The first kappa shape index (κ1) is 28.1. The number of hydrogen-bond donors (Lipinski definition) is 2. The summed E-state index contributed by atoms with van der Waals surface area (Å²) in [6, 6.07) is 14.4. The van der Waals surface area contributed by atoms with E-state index in [9.17, 15) is 9.59 Å². The van der Waals surface area contributed by atoms with Crippen molar-refractivity contribution in [2.45, 2.75) is 70.4 Å². The number of nitrogens with one attached hydrogen (secondary N) is 2. The molecule has 39 heavy (non-hydrogen) atoms. The molecule has 1 saturated heterocycles. The number of ether oxygens (including phenoxy) is 4. The maximum Gasteiger partial charge on any atom is 0.407 e. The Morgan fingerprint density at radius 2 is 1.87 bits per heavy atom. The molecule has 2 N–H and O–H groups in total. The average molecular weight is 537 g/mol. The zero-order valence-electron chi connectivity index (χ0n) is 22.8. The second-order valence-corrected chi connectivity index (χ2v) is 10.5. The summed E-state index contributed by atoms with van der Waals surface area (Å²) in [5.74, 6) is 0.482. The Morgan fingerprint density at radius 3 is 2.56 bits per heavy atom. The molecule has 0 aliphatic carbocycles. The van der Waals surface area contributed by atoms with Crippen LogP contribution in [0.1, 0.15) is 44.7 Å². The first-order chi connectivity index (χ1) is 18.7. The first-order valence-electron chi connectivity index (χ1n) is 13.1. The van der Waals surface area contributed by atoms with E-state index < -0.39 is 23.8 Å². The normalized spacial score (nSPS) is 18.2. The second-order valence-electron chi connectivity index (χ2n) is 10.5. The summed E-state index contributed by atoms with van der Waals surface area (Å²) < 4.78 is 22.4. The Kier molecular flexibility index (Phi) is 9.19. The molecular weight excluding hydrogens is 500 g/mol. The molecule has 10 heteroatoms. The van der Waals surface area contributed by atoms with Crippen molar-refractivity contribution in [1.29, 1.82) is 0 Å². The molecule has 1 fully saturated rings. The van der Waals surface area contributed by atoms with Crippen LogP contribution in [0.15, 0.2) is 54.7 Å². The lowest BCUT2D eigenvalue weighted by Crippen LogP contribution is -2.52. The molecule has 1 aromatic carbocycles. The van der Waals surface area contributed by atoms with Crippen molar-refractivity contribution in [1.82, 2.24) is 20.6 Å². The number of carbonyl (C=O) groups excluding carboxylic acids is 2. The zero-order chi connectivity index (χ0) is 27.8. The Balaban J connectivity index is 1.41. The van der Waals surface area contributed by atoms with E-state index in [1.165, 1.54) is 0 Å². The Bertz CT molecular complexity index is 1260. The summed E-state index contributed by atoms with van der Waals surface area (Å²) in [6.07, 6.45) is 2.14. The summed E-state index contributed by atoms with van der Waals surface area (Å²) in [7, 11) is 1.56. The number of rotatable bonds is 8. The van der Waals surface area contributed by atoms with Gasteiger partial charge in [-0.05, 0) is 63.3 Å². The summed E-state index contributed by atoms with van der Waals surface area (Å²) in [5.41, 5.74) is 2.60. The van der Waals surface area contributed by atoms with Crippen molar-refractivity contribution >= 4 is 23.2 Å². The topological polar surface area (TPSA) is 121 Å². The fourth-order valence-electron chi connectivity index (χ4n) is 4.45. The van der Waals surface area contributed by atoms with Gasteiger partial charge in [0.1, 0.15) is 12.2 Å². The van der Waals surface area contributed by atoms with Crippen LogP contribution in [0.5, 0.6) is 5.88 Å². The maximum atomic E-state index is 12.8. The fraction of sp³-hybridized carbons (Fsp3) is 0.448. The van der Waals surface area contributed by atoms with Crippen molar-refractivity contribution in [3.63, 3.8) is 0 Å². The van der Waals surface area contributed by atoms with E-state index in [0.29, 0.717) is 37.3 Å². The van der Waals surface area contributed by atoms with Crippen molar-refractivity contribution in [2.75, 3.05) is 13.7 Å². The molecule has 208 valence electrons. The van der Waals surface area contributed by atoms with Crippen molar-refractivity contribution in [3.8, 4) is 5.88 Å². The van der Waals surface area contributed by atoms with Crippen LogP contribution in [0.25, 0.3) is 11.0 Å². The monoisotopic (exact) mass is 536 g/mol. The van der Waals surface area contributed by atoms with Gasteiger partial charge in [-0.1, -0.05) is 30.3 Å². The third-order valence-corrected chi connectivity index (χ3v) is 6.29. The lowest BCUT2D eigenvalue weighted by atomic mass is 9.94. The highest BCUT2D eigenvalue weighted by Crippen LogP contribution is 2.24. The number of methoxy groups -OCH3 is 1. The molecule has 3 aromatic rings. The molecule has 1 aliphatic rings. The lowest BCUT2D eigenvalue weighted by molar-refractivity contribution is -0.0263. The van der Waals surface area contributed by atoms with Gasteiger partial charge in [0.05, 0.1) is 42.9 Å². The molecule has 0 saturated carbocycles. The number of amides is 2. The number of alkyl carbamates (subject to hydrolysis) is 2. The SMILES string of the molecule is COc1ccc2nccc(C[C@H](NC(=O)OC(C)(C)C)[C@@H]3CC[C@@H](NC(=O)OCc4ccccc4)CO3)c2n1. The average Bonchev–Trinajstić information content (AvgIpc) is 2.91. The van der Waals surface area contributed by atoms with Crippen LogP contribution in [0.2, 0.25) is 0 Å². The van der Waals surface area contributed by atoms with Gasteiger partial charge in [0.15, 0.2) is 0 Å². The zero-order valence-corrected chi connectivity index (χ0v) is 22.8. The molecule has 1 aliphatic heterocycles. The standard InChI is InChI=1S/C29H36N4O6/c1-29(2,3)39-28(35)32-23(16-20-14-15-30-22-11-13-25(36-4)33-26(20)22)24-12-10-21(18-37-24)31-27(34)38-17-19-8-6-5-7-9-19/h5-9,11,13-15,21,23-24H,10,12,16-18H2,1-4H3,(H,31,34)(H,32,35)/t21-,23+,24+/m1/s1. The van der Waals surface area contributed by atoms with Gasteiger partial charge in [-0.2, -0.15) is 0 Å². The molecule has 0 bridgehead atoms. The van der Waals surface area contributed by atoms with E-state index in [4.69, 9.17) is 18.9 Å². The number of pyridine rings is 2. The van der Waals surface area contributed by atoms with E-state index in [2.05, 4.69) is 20.6 Å². The van der Waals surface area contributed by atoms with E-state index in [0.717, 1.165) is 16.6 Å². The largest absolute Gasteiger partial charge is 0.481 e. The van der Waals surface area contributed by atoms with E-state index in [-0.39, 0.29) is 18.8 Å². The number of aromatic nitrogens is 2. The van der Waals surface area contributed by atoms with Crippen molar-refractivity contribution in [3.05, 3.63) is 65.9 Å². The van der Waals surface area contributed by atoms with Gasteiger partial charge in [-0.25, -0.2) is 14.6 Å². The van der Waals surface area contributed by atoms with Gasteiger partial charge in [-0.3, -0.25) is 4.98 Å². The molecule has 0 radical (unpaired) electrons.